The van der Waals surface area contributed by atoms with E-state index in [9.17, 15) is 4.39 Å². The maximum atomic E-state index is 13.3. The van der Waals surface area contributed by atoms with E-state index in [1.165, 1.54) is 0 Å². The van der Waals surface area contributed by atoms with E-state index in [4.69, 9.17) is 23.8 Å². The molecular weight excluding hydrogens is 277 g/mol. The van der Waals surface area contributed by atoms with Crippen molar-refractivity contribution in [2.24, 2.45) is 0 Å². The Hall–Kier alpha value is -0.190. The SMILES string of the molecule is CC(=S)Nc1ccc(Br)c(Cl)c1F. The molecule has 70 valence electrons. The van der Waals surface area contributed by atoms with Crippen LogP contribution in [-0.2, 0) is 0 Å². The third kappa shape index (κ3) is 2.62. The first kappa shape index (κ1) is 10.9. The van der Waals surface area contributed by atoms with Gasteiger partial charge in [0, 0.05) is 4.47 Å². The zero-order chi connectivity index (χ0) is 10.0. The van der Waals surface area contributed by atoms with Gasteiger partial charge in [-0.1, -0.05) is 23.8 Å². The Labute approximate surface area is 94.4 Å². The summed E-state index contributed by atoms with van der Waals surface area (Å²) < 4.78 is 13.9. The molecule has 0 spiro atoms. The van der Waals surface area contributed by atoms with Crippen molar-refractivity contribution in [1.82, 2.24) is 0 Å². The van der Waals surface area contributed by atoms with Crippen LogP contribution in [0.3, 0.4) is 0 Å². The van der Waals surface area contributed by atoms with Crippen LogP contribution in [-0.4, -0.2) is 4.99 Å². The number of benzene rings is 1. The first-order valence-electron chi connectivity index (χ1n) is 3.43. The smallest absolute Gasteiger partial charge is 0.166 e. The Balaban J connectivity index is 3.10. The van der Waals surface area contributed by atoms with Crippen LogP contribution in [0.1, 0.15) is 6.92 Å². The maximum Gasteiger partial charge on any atom is 0.166 e. The number of hydrogen-bond acceptors (Lipinski definition) is 1. The summed E-state index contributed by atoms with van der Waals surface area (Å²) in [5.74, 6) is -0.500. The van der Waals surface area contributed by atoms with Crippen molar-refractivity contribution in [2.45, 2.75) is 6.92 Å². The van der Waals surface area contributed by atoms with E-state index in [0.717, 1.165) is 0 Å². The molecule has 0 aliphatic carbocycles. The molecule has 1 rings (SSSR count). The van der Waals surface area contributed by atoms with Gasteiger partial charge >= 0.3 is 0 Å². The summed E-state index contributed by atoms with van der Waals surface area (Å²) in [5.41, 5.74) is 0.292. The fraction of sp³-hybridized carbons (Fsp3) is 0.125. The van der Waals surface area contributed by atoms with Crippen LogP contribution in [0.15, 0.2) is 16.6 Å². The Morgan fingerprint density at radius 3 is 2.77 bits per heavy atom. The second-order valence-corrected chi connectivity index (χ2v) is 4.25. The summed E-state index contributed by atoms with van der Waals surface area (Å²) in [5, 5.41) is 2.75. The third-order valence-electron chi connectivity index (χ3n) is 1.35. The zero-order valence-corrected chi connectivity index (χ0v) is 9.86. The van der Waals surface area contributed by atoms with E-state index in [1.807, 2.05) is 0 Å². The Morgan fingerprint density at radius 2 is 2.23 bits per heavy atom. The van der Waals surface area contributed by atoms with Crippen molar-refractivity contribution >= 4 is 50.4 Å². The van der Waals surface area contributed by atoms with Gasteiger partial charge in [0.25, 0.3) is 0 Å². The van der Waals surface area contributed by atoms with Gasteiger partial charge in [0.2, 0.25) is 0 Å². The fourth-order valence-corrected chi connectivity index (χ4v) is 1.39. The monoisotopic (exact) mass is 281 g/mol. The van der Waals surface area contributed by atoms with Crippen molar-refractivity contribution in [3.8, 4) is 0 Å². The molecule has 0 unspecified atom stereocenters. The van der Waals surface area contributed by atoms with Gasteiger partial charge in [0.05, 0.1) is 15.7 Å². The van der Waals surface area contributed by atoms with Crippen molar-refractivity contribution in [1.29, 1.82) is 0 Å². The number of nitrogens with one attached hydrogen (secondary N) is 1. The van der Waals surface area contributed by atoms with Crippen molar-refractivity contribution in [3.63, 3.8) is 0 Å². The number of thiocarbonyl (C=S) groups is 1. The summed E-state index contributed by atoms with van der Waals surface area (Å²) in [4.78, 5) is 0.497. The number of halogens is 3. The number of rotatable bonds is 1. The third-order valence-corrected chi connectivity index (χ3v) is 2.71. The molecule has 13 heavy (non-hydrogen) atoms. The van der Waals surface area contributed by atoms with Crippen LogP contribution in [0, 0.1) is 5.82 Å². The highest BCUT2D eigenvalue weighted by Gasteiger charge is 2.09. The molecule has 0 saturated carbocycles. The largest absolute Gasteiger partial charge is 0.348 e. The lowest BCUT2D eigenvalue weighted by atomic mass is 10.3. The van der Waals surface area contributed by atoms with Gasteiger partial charge in [-0.2, -0.15) is 0 Å². The van der Waals surface area contributed by atoms with E-state index in [-0.39, 0.29) is 5.02 Å². The molecular formula is C8H6BrClFNS. The van der Waals surface area contributed by atoms with Crippen molar-refractivity contribution < 1.29 is 4.39 Å². The lowest BCUT2D eigenvalue weighted by molar-refractivity contribution is 0.632. The molecule has 0 atom stereocenters. The molecule has 1 aromatic rings. The van der Waals surface area contributed by atoms with Gasteiger partial charge < -0.3 is 5.32 Å². The minimum atomic E-state index is -0.500. The molecule has 0 aromatic heterocycles. The highest BCUT2D eigenvalue weighted by molar-refractivity contribution is 9.10. The molecule has 0 aliphatic rings. The van der Waals surface area contributed by atoms with Crippen LogP contribution in [0.5, 0.6) is 0 Å². The van der Waals surface area contributed by atoms with Crippen molar-refractivity contribution in [3.05, 3.63) is 27.4 Å². The van der Waals surface area contributed by atoms with E-state index >= 15 is 0 Å². The van der Waals surface area contributed by atoms with Crippen LogP contribution in [0.25, 0.3) is 0 Å². The van der Waals surface area contributed by atoms with Gasteiger partial charge in [-0.05, 0) is 35.0 Å². The molecule has 0 radical (unpaired) electrons. The molecule has 5 heteroatoms. The van der Waals surface area contributed by atoms with E-state index in [2.05, 4.69) is 21.2 Å². The second kappa shape index (κ2) is 4.35. The molecule has 1 aromatic carbocycles. The molecule has 1 nitrogen and oxygen atoms in total. The Bertz CT molecular complexity index is 356. The van der Waals surface area contributed by atoms with Gasteiger partial charge in [-0.15, -0.1) is 0 Å². The lowest BCUT2D eigenvalue weighted by Gasteiger charge is -2.07. The second-order valence-electron chi connectivity index (χ2n) is 2.40. The first-order valence-corrected chi connectivity index (χ1v) is 5.01. The minimum Gasteiger partial charge on any atom is -0.348 e. The topological polar surface area (TPSA) is 12.0 Å². The minimum absolute atomic E-state index is 0.0567. The zero-order valence-electron chi connectivity index (χ0n) is 6.70. The van der Waals surface area contributed by atoms with Gasteiger partial charge in [-0.25, -0.2) is 4.39 Å². The van der Waals surface area contributed by atoms with Crippen LogP contribution < -0.4 is 5.32 Å². The van der Waals surface area contributed by atoms with E-state index in [0.29, 0.717) is 15.1 Å². The molecule has 0 saturated heterocycles. The standard InChI is InChI=1S/C8H6BrClFNS/c1-4(13)12-6-3-2-5(9)7(10)8(6)11/h2-3H,1H3,(H,12,13). The van der Waals surface area contributed by atoms with E-state index in [1.54, 1.807) is 19.1 Å². The predicted octanol–water partition coefficient (Wildman–Crippen LogP) is 4.00. The highest BCUT2D eigenvalue weighted by atomic mass is 79.9. The Morgan fingerprint density at radius 1 is 1.62 bits per heavy atom. The average Bonchev–Trinajstić information content (AvgIpc) is 2.06. The summed E-state index contributed by atoms with van der Waals surface area (Å²) in [6, 6.07) is 3.23. The molecule has 0 heterocycles. The molecule has 0 amide bonds. The lowest BCUT2D eigenvalue weighted by Crippen LogP contribution is -2.05. The van der Waals surface area contributed by atoms with E-state index < -0.39 is 5.82 Å². The normalized spacial score (nSPS) is 9.85. The van der Waals surface area contributed by atoms with Gasteiger partial charge in [0.15, 0.2) is 5.82 Å². The fourth-order valence-electron chi connectivity index (χ4n) is 0.812. The Kier molecular flexibility index (Phi) is 3.64. The van der Waals surface area contributed by atoms with Crippen LogP contribution in [0.4, 0.5) is 10.1 Å². The van der Waals surface area contributed by atoms with Crippen LogP contribution in [0.2, 0.25) is 5.02 Å². The highest BCUT2D eigenvalue weighted by Crippen LogP contribution is 2.30. The summed E-state index contributed by atoms with van der Waals surface area (Å²) >= 11 is 13.6. The quantitative estimate of drug-likeness (QED) is 0.617. The first-order chi connectivity index (χ1) is 6.02. The summed E-state index contributed by atoms with van der Waals surface area (Å²) in [7, 11) is 0. The molecule has 0 aliphatic heterocycles. The maximum absolute atomic E-state index is 13.3. The van der Waals surface area contributed by atoms with Crippen LogP contribution >= 0.6 is 39.7 Å². The van der Waals surface area contributed by atoms with Crippen molar-refractivity contribution in [2.75, 3.05) is 5.32 Å². The summed E-state index contributed by atoms with van der Waals surface area (Å²) in [6.45, 7) is 1.67. The number of anilines is 1. The van der Waals surface area contributed by atoms with Gasteiger partial charge in [-0.3, -0.25) is 0 Å². The summed E-state index contributed by atoms with van der Waals surface area (Å²) in [6.07, 6.45) is 0. The molecule has 0 fully saturated rings. The average molecular weight is 283 g/mol. The molecule has 1 N–H and O–H groups in total. The number of hydrogen-bond donors (Lipinski definition) is 1. The predicted molar refractivity (Wildman–Crippen MR) is 61.0 cm³/mol. The molecule has 0 bridgehead atoms. The van der Waals surface area contributed by atoms with Gasteiger partial charge in [0.1, 0.15) is 0 Å².